The number of benzene rings is 2. The molecule has 0 radical (unpaired) electrons. The molecule has 2 aromatic carbocycles. The fourth-order valence-electron chi connectivity index (χ4n) is 4.95. The number of likely N-dealkylation sites (N-methyl/N-ethyl adjacent to an activating group) is 1. The van der Waals surface area contributed by atoms with Crippen LogP contribution in [0, 0.1) is 17.0 Å². The van der Waals surface area contributed by atoms with Gasteiger partial charge < -0.3 is 20.5 Å². The highest BCUT2D eigenvalue weighted by Crippen LogP contribution is 2.35. The molecule has 12 heteroatoms. The Bertz CT molecular complexity index is 2040. The van der Waals surface area contributed by atoms with Crippen molar-refractivity contribution in [3.05, 3.63) is 72.7 Å². The van der Waals surface area contributed by atoms with Gasteiger partial charge in [-0.05, 0) is 56.1 Å². The molecule has 230 valence electrons. The number of pyridine rings is 2. The molecule has 4 aromatic heterocycles. The van der Waals surface area contributed by atoms with E-state index in [1.54, 1.807) is 24.4 Å². The van der Waals surface area contributed by atoms with E-state index in [4.69, 9.17) is 0 Å². The number of nitrogens with one attached hydrogen (secondary N) is 4. The number of imidazole rings is 1. The average molecular weight is 610 g/mol. The molecule has 0 spiro atoms. The van der Waals surface area contributed by atoms with Gasteiger partial charge in [-0.1, -0.05) is 20.8 Å². The minimum Gasteiger partial charge on any atom is -0.384 e. The zero-order valence-electron chi connectivity index (χ0n) is 25.6. The predicted molar refractivity (Wildman–Crippen MR) is 173 cm³/mol. The maximum atomic E-state index is 15.4. The molecule has 0 aliphatic carbocycles. The summed E-state index contributed by atoms with van der Waals surface area (Å²) in [6, 6.07) is 11.3. The first-order chi connectivity index (χ1) is 21.5. The van der Waals surface area contributed by atoms with Gasteiger partial charge in [-0.25, -0.2) is 18.7 Å². The number of aromatic amines is 2. The van der Waals surface area contributed by atoms with Crippen LogP contribution in [0.25, 0.3) is 55.8 Å². The van der Waals surface area contributed by atoms with Crippen LogP contribution in [0.5, 0.6) is 0 Å². The van der Waals surface area contributed by atoms with Crippen LogP contribution in [-0.4, -0.2) is 68.1 Å². The Morgan fingerprint density at radius 2 is 1.78 bits per heavy atom. The molecular weight excluding hydrogens is 576 g/mol. The van der Waals surface area contributed by atoms with E-state index < -0.39 is 11.2 Å². The number of aromatic nitrogens is 6. The van der Waals surface area contributed by atoms with Crippen molar-refractivity contribution in [2.24, 2.45) is 5.41 Å². The van der Waals surface area contributed by atoms with Crippen LogP contribution in [0.1, 0.15) is 20.8 Å². The number of hydrogen-bond acceptors (Lipinski definition) is 7. The molecule has 0 saturated heterocycles. The van der Waals surface area contributed by atoms with Crippen LogP contribution < -0.4 is 10.6 Å². The molecule has 10 nitrogen and oxygen atoms in total. The Morgan fingerprint density at radius 1 is 0.978 bits per heavy atom. The number of hydrogen-bond donors (Lipinski definition) is 4. The van der Waals surface area contributed by atoms with E-state index in [-0.39, 0.29) is 17.3 Å². The molecule has 0 unspecified atom stereocenters. The summed E-state index contributed by atoms with van der Waals surface area (Å²) in [5.74, 6) is -0.608. The summed E-state index contributed by atoms with van der Waals surface area (Å²) in [6.45, 7) is 6.89. The van der Waals surface area contributed by atoms with Crippen LogP contribution >= 0.6 is 0 Å². The Morgan fingerprint density at radius 3 is 2.56 bits per heavy atom. The topological polar surface area (TPSA) is 128 Å². The second-order valence-electron chi connectivity index (χ2n) is 12.2. The molecule has 45 heavy (non-hydrogen) atoms. The van der Waals surface area contributed by atoms with Crippen LogP contribution in [0.15, 0.2) is 61.1 Å². The van der Waals surface area contributed by atoms with Gasteiger partial charge in [0.15, 0.2) is 11.5 Å². The van der Waals surface area contributed by atoms with Crippen molar-refractivity contribution in [2.75, 3.05) is 37.8 Å². The van der Waals surface area contributed by atoms with Gasteiger partial charge >= 0.3 is 0 Å². The lowest BCUT2D eigenvalue weighted by Crippen LogP contribution is -2.27. The van der Waals surface area contributed by atoms with Gasteiger partial charge in [0.1, 0.15) is 17.3 Å². The lowest BCUT2D eigenvalue weighted by Gasteiger charge is -2.17. The van der Waals surface area contributed by atoms with Crippen molar-refractivity contribution in [3.8, 4) is 33.8 Å². The highest BCUT2D eigenvalue weighted by Gasteiger charge is 2.22. The largest absolute Gasteiger partial charge is 0.384 e. The molecule has 0 bridgehead atoms. The third kappa shape index (κ3) is 6.22. The first-order valence-electron chi connectivity index (χ1n) is 14.5. The van der Waals surface area contributed by atoms with Gasteiger partial charge in [0.25, 0.3) is 0 Å². The number of nitrogens with zero attached hydrogens (tertiary/aromatic N) is 5. The number of anilines is 2. The van der Waals surface area contributed by atoms with Crippen molar-refractivity contribution >= 4 is 39.3 Å². The summed E-state index contributed by atoms with van der Waals surface area (Å²) in [6.07, 6.45) is 4.69. The summed E-state index contributed by atoms with van der Waals surface area (Å²) in [5.41, 5.74) is 4.66. The number of rotatable bonds is 8. The van der Waals surface area contributed by atoms with Gasteiger partial charge in [-0.15, -0.1) is 0 Å². The van der Waals surface area contributed by atoms with E-state index in [1.165, 1.54) is 30.6 Å². The summed E-state index contributed by atoms with van der Waals surface area (Å²) >= 11 is 0. The van der Waals surface area contributed by atoms with Gasteiger partial charge in [-0.3, -0.25) is 14.9 Å². The smallest absolute Gasteiger partial charge is 0.229 e. The molecule has 4 heterocycles. The number of amides is 1. The van der Waals surface area contributed by atoms with E-state index in [9.17, 15) is 9.18 Å². The minimum absolute atomic E-state index is 0.178. The number of fused-ring (bicyclic) bond motifs is 2. The normalized spacial score (nSPS) is 11.9. The lowest BCUT2D eigenvalue weighted by molar-refractivity contribution is -0.123. The standard InChI is InChI=1S/C33H33F2N9O/c1-33(2,3)32(45)39-22-12-19(16-36-17-22)24-14-25-27(15-26(24)35)42-43-29(25)31-40-28-23(6-7-38-30(28)41-31)18-10-20(34)13-21(11-18)37-8-9-44(4)5/h6-7,10-17,37H,8-9H2,1-5H3,(H,39,45)(H,42,43)(H,38,40,41). The molecule has 0 fully saturated rings. The molecule has 6 rings (SSSR count). The molecule has 0 saturated carbocycles. The third-order valence-corrected chi connectivity index (χ3v) is 7.35. The molecule has 0 aliphatic heterocycles. The van der Waals surface area contributed by atoms with Crippen molar-refractivity contribution in [1.29, 1.82) is 0 Å². The van der Waals surface area contributed by atoms with Gasteiger partial charge in [0.05, 0.1) is 22.9 Å². The number of carbonyl (C=O) groups excluding carboxylic acids is 1. The summed E-state index contributed by atoms with van der Waals surface area (Å²) in [7, 11) is 3.96. The quantitative estimate of drug-likeness (QED) is 0.156. The van der Waals surface area contributed by atoms with E-state index in [0.717, 1.165) is 12.1 Å². The van der Waals surface area contributed by atoms with E-state index in [1.807, 2.05) is 45.8 Å². The van der Waals surface area contributed by atoms with Crippen molar-refractivity contribution < 1.29 is 13.6 Å². The van der Waals surface area contributed by atoms with Crippen molar-refractivity contribution in [3.63, 3.8) is 0 Å². The van der Waals surface area contributed by atoms with Crippen molar-refractivity contribution in [2.45, 2.75) is 20.8 Å². The highest BCUT2D eigenvalue weighted by molar-refractivity contribution is 5.98. The Kier molecular flexibility index (Phi) is 7.75. The Hall–Kier alpha value is -5.23. The SMILES string of the molecule is CN(C)CCNc1cc(F)cc(-c2ccnc3nc(-c4n[nH]c5cc(F)c(-c6cncc(NC(=O)C(C)(C)C)c6)cc45)[nH]c23)c1. The third-order valence-electron chi connectivity index (χ3n) is 7.35. The highest BCUT2D eigenvalue weighted by atomic mass is 19.1. The second-order valence-corrected chi connectivity index (χ2v) is 12.2. The fourth-order valence-corrected chi connectivity index (χ4v) is 4.95. The molecular formula is C33H33F2N9O. The molecule has 4 N–H and O–H groups in total. The maximum Gasteiger partial charge on any atom is 0.229 e. The average Bonchev–Trinajstić information content (AvgIpc) is 3.59. The predicted octanol–water partition coefficient (Wildman–Crippen LogP) is 6.47. The van der Waals surface area contributed by atoms with Gasteiger partial charge in [-0.2, -0.15) is 5.10 Å². The zero-order valence-corrected chi connectivity index (χ0v) is 25.6. The Balaban J connectivity index is 1.37. The molecule has 0 aliphatic rings. The maximum absolute atomic E-state index is 15.4. The van der Waals surface area contributed by atoms with Gasteiger partial charge in [0.2, 0.25) is 5.91 Å². The van der Waals surface area contributed by atoms with E-state index in [0.29, 0.717) is 62.6 Å². The number of H-pyrrole nitrogens is 2. The monoisotopic (exact) mass is 609 g/mol. The molecule has 1 amide bonds. The Labute approximate surface area is 258 Å². The minimum atomic E-state index is -0.604. The number of carbonyl (C=O) groups is 1. The fraction of sp³-hybridized carbons (Fsp3) is 0.242. The summed E-state index contributed by atoms with van der Waals surface area (Å²) < 4.78 is 30.0. The first-order valence-corrected chi connectivity index (χ1v) is 14.5. The summed E-state index contributed by atoms with van der Waals surface area (Å²) in [5, 5.41) is 14.1. The molecule has 6 aromatic rings. The van der Waals surface area contributed by atoms with E-state index in [2.05, 4.69) is 40.8 Å². The first kappa shape index (κ1) is 29.8. The molecule has 0 atom stereocenters. The van der Waals surface area contributed by atoms with E-state index >= 15 is 4.39 Å². The zero-order chi connectivity index (χ0) is 31.9. The van der Waals surface area contributed by atoms with Crippen LogP contribution in [0.4, 0.5) is 20.2 Å². The van der Waals surface area contributed by atoms with Crippen LogP contribution in [0.2, 0.25) is 0 Å². The van der Waals surface area contributed by atoms with Crippen molar-refractivity contribution in [1.82, 2.24) is 35.0 Å². The van der Waals surface area contributed by atoms with Crippen LogP contribution in [-0.2, 0) is 4.79 Å². The summed E-state index contributed by atoms with van der Waals surface area (Å²) in [4.78, 5) is 31.2. The van der Waals surface area contributed by atoms with Gasteiger partial charge in [0, 0.05) is 64.7 Å². The number of halogens is 2. The van der Waals surface area contributed by atoms with Crippen LogP contribution in [0.3, 0.4) is 0 Å². The second kappa shape index (κ2) is 11.7. The lowest BCUT2D eigenvalue weighted by atomic mass is 9.95.